The van der Waals surface area contributed by atoms with Gasteiger partial charge in [-0.05, 0) is 69.0 Å². The molecule has 3 heterocycles. The standard InChI is InChI=1S/C28H39F2N3O2S/c1-3-22-15-23-9-12-33(13-10-26(23)32-28(22)35-18-27(29)30)11-8-20-4-6-21(7-5-20)14-24(34)16-25-17-31-19(2)36-25/h15,17,20-21,27H,3-14,16,18H2,1-2H3. The molecule has 0 saturated heterocycles. The Balaban J connectivity index is 1.19. The molecule has 0 amide bonds. The van der Waals surface area contributed by atoms with Crippen molar-refractivity contribution in [2.75, 3.05) is 26.2 Å². The monoisotopic (exact) mass is 519 g/mol. The number of hydrogen-bond donors (Lipinski definition) is 0. The molecule has 2 aliphatic rings. The number of halogens is 2. The van der Waals surface area contributed by atoms with Gasteiger partial charge in [0.15, 0.2) is 6.61 Å². The van der Waals surface area contributed by atoms with Crippen molar-refractivity contribution in [3.8, 4) is 5.88 Å². The van der Waals surface area contributed by atoms with Gasteiger partial charge in [0.05, 0.1) is 5.01 Å². The molecule has 4 rings (SSSR count). The SMILES string of the molecule is CCc1cc2c(nc1OCC(F)F)CCN(CCC1CCC(CC(=O)Cc3cnc(C)s3)CC1)CC2. The number of carbonyl (C=O) groups is 1. The normalized spacial score (nSPS) is 20.8. The molecule has 0 atom stereocenters. The third-order valence-corrected chi connectivity index (χ3v) is 8.61. The van der Waals surface area contributed by atoms with E-state index in [-0.39, 0.29) is 0 Å². The highest BCUT2D eigenvalue weighted by molar-refractivity contribution is 7.11. The number of aromatic nitrogens is 2. The van der Waals surface area contributed by atoms with E-state index in [1.165, 1.54) is 24.8 Å². The lowest BCUT2D eigenvalue weighted by Gasteiger charge is -2.30. The molecular weight excluding hydrogens is 480 g/mol. The summed E-state index contributed by atoms with van der Waals surface area (Å²) in [5.74, 6) is 2.01. The Kier molecular flexibility index (Phi) is 9.82. The molecule has 198 valence electrons. The van der Waals surface area contributed by atoms with Crippen LogP contribution in [0, 0.1) is 18.8 Å². The van der Waals surface area contributed by atoms with Crippen LogP contribution in [-0.4, -0.2) is 53.3 Å². The lowest BCUT2D eigenvalue weighted by atomic mass is 9.78. The molecule has 0 aromatic carbocycles. The number of aryl methyl sites for hydroxylation is 2. The van der Waals surface area contributed by atoms with Gasteiger partial charge in [-0.2, -0.15) is 0 Å². The predicted molar refractivity (Wildman–Crippen MR) is 139 cm³/mol. The number of Topliss-reactive ketones (excluding diaryl/α,β-unsaturated/α-hetero) is 1. The molecule has 2 aromatic heterocycles. The maximum Gasteiger partial charge on any atom is 0.272 e. The molecule has 1 saturated carbocycles. The van der Waals surface area contributed by atoms with Gasteiger partial charge in [0, 0.05) is 54.7 Å². The molecule has 2 aromatic rings. The second kappa shape index (κ2) is 13.0. The molecule has 1 fully saturated rings. The van der Waals surface area contributed by atoms with E-state index in [1.54, 1.807) is 11.3 Å². The van der Waals surface area contributed by atoms with Gasteiger partial charge < -0.3 is 9.64 Å². The van der Waals surface area contributed by atoms with Crippen molar-refractivity contribution >= 4 is 17.1 Å². The summed E-state index contributed by atoms with van der Waals surface area (Å²) in [6, 6.07) is 2.12. The van der Waals surface area contributed by atoms with Crippen molar-refractivity contribution in [3.05, 3.63) is 39.0 Å². The van der Waals surface area contributed by atoms with Gasteiger partial charge in [-0.15, -0.1) is 11.3 Å². The van der Waals surface area contributed by atoms with Crippen LogP contribution in [0.1, 0.15) is 72.2 Å². The van der Waals surface area contributed by atoms with Gasteiger partial charge in [0.2, 0.25) is 5.88 Å². The number of hydrogen-bond acceptors (Lipinski definition) is 6. The van der Waals surface area contributed by atoms with Crippen molar-refractivity contribution < 1.29 is 18.3 Å². The highest BCUT2D eigenvalue weighted by Gasteiger charge is 2.25. The second-order valence-corrected chi connectivity index (χ2v) is 11.7. The fourth-order valence-corrected chi connectivity index (χ4v) is 6.44. The van der Waals surface area contributed by atoms with Gasteiger partial charge >= 0.3 is 0 Å². The summed E-state index contributed by atoms with van der Waals surface area (Å²) >= 11 is 1.63. The van der Waals surface area contributed by atoms with E-state index < -0.39 is 13.0 Å². The molecular formula is C28H39F2N3O2S. The topological polar surface area (TPSA) is 55.3 Å². The molecule has 0 spiro atoms. The van der Waals surface area contributed by atoms with Crippen molar-refractivity contribution in [1.82, 2.24) is 14.9 Å². The largest absolute Gasteiger partial charge is 0.471 e. The van der Waals surface area contributed by atoms with E-state index in [0.29, 0.717) is 30.4 Å². The zero-order chi connectivity index (χ0) is 25.5. The van der Waals surface area contributed by atoms with Gasteiger partial charge in [-0.3, -0.25) is 4.79 Å². The minimum Gasteiger partial charge on any atom is -0.471 e. The molecule has 1 aliphatic carbocycles. The van der Waals surface area contributed by atoms with Crippen molar-refractivity contribution in [2.24, 2.45) is 11.8 Å². The maximum absolute atomic E-state index is 12.6. The first kappa shape index (κ1) is 27.1. The van der Waals surface area contributed by atoms with Gasteiger partial charge in [0.1, 0.15) is 5.78 Å². The average molecular weight is 520 g/mol. The summed E-state index contributed by atoms with van der Waals surface area (Å²) in [5, 5.41) is 1.03. The van der Waals surface area contributed by atoms with E-state index >= 15 is 0 Å². The molecule has 0 bridgehead atoms. The summed E-state index contributed by atoms with van der Waals surface area (Å²) in [6.45, 7) is 6.43. The van der Waals surface area contributed by atoms with Crippen LogP contribution >= 0.6 is 11.3 Å². The summed E-state index contributed by atoms with van der Waals surface area (Å²) in [4.78, 5) is 25.0. The maximum atomic E-state index is 12.6. The first-order valence-corrected chi connectivity index (χ1v) is 14.3. The zero-order valence-electron chi connectivity index (χ0n) is 21.6. The molecule has 5 nitrogen and oxygen atoms in total. The van der Waals surface area contributed by atoms with Crippen LogP contribution in [0.15, 0.2) is 12.3 Å². The number of carbonyl (C=O) groups excluding carboxylic acids is 1. The highest BCUT2D eigenvalue weighted by atomic mass is 32.1. The Morgan fingerprint density at radius 1 is 1.19 bits per heavy atom. The van der Waals surface area contributed by atoms with E-state index in [0.717, 1.165) is 78.8 Å². The third kappa shape index (κ3) is 7.78. The van der Waals surface area contributed by atoms with Crippen molar-refractivity contribution in [3.63, 3.8) is 0 Å². The van der Waals surface area contributed by atoms with Crippen LogP contribution in [0.4, 0.5) is 8.78 Å². The summed E-state index contributed by atoms with van der Waals surface area (Å²) in [5.41, 5.74) is 3.15. The second-order valence-electron chi connectivity index (χ2n) is 10.4. The molecule has 8 heteroatoms. The summed E-state index contributed by atoms with van der Waals surface area (Å²) in [6.07, 6.45) is 9.07. The quantitative estimate of drug-likeness (QED) is 0.373. The van der Waals surface area contributed by atoms with E-state index in [2.05, 4.69) is 20.9 Å². The Morgan fingerprint density at radius 3 is 2.64 bits per heavy atom. The van der Waals surface area contributed by atoms with Crippen LogP contribution in [0.5, 0.6) is 5.88 Å². The number of ketones is 1. The van der Waals surface area contributed by atoms with Crippen LogP contribution < -0.4 is 4.74 Å². The van der Waals surface area contributed by atoms with E-state index in [1.807, 2.05) is 20.0 Å². The highest BCUT2D eigenvalue weighted by Crippen LogP contribution is 2.33. The number of thiazole rings is 1. The summed E-state index contributed by atoms with van der Waals surface area (Å²) < 4.78 is 30.6. The Morgan fingerprint density at radius 2 is 1.94 bits per heavy atom. The number of rotatable bonds is 11. The number of fused-ring (bicyclic) bond motifs is 1. The number of pyridine rings is 1. The lowest BCUT2D eigenvalue weighted by molar-refractivity contribution is -0.119. The third-order valence-electron chi connectivity index (χ3n) is 7.70. The molecule has 36 heavy (non-hydrogen) atoms. The fraction of sp³-hybridized carbons (Fsp3) is 0.679. The van der Waals surface area contributed by atoms with Crippen LogP contribution in [0.2, 0.25) is 0 Å². The van der Waals surface area contributed by atoms with Gasteiger partial charge in [-0.1, -0.05) is 19.8 Å². The fourth-order valence-electron chi connectivity index (χ4n) is 5.62. The van der Waals surface area contributed by atoms with Crippen LogP contribution in [0.25, 0.3) is 0 Å². The molecule has 0 unspecified atom stereocenters. The van der Waals surface area contributed by atoms with Crippen molar-refractivity contribution in [2.45, 2.75) is 84.5 Å². The van der Waals surface area contributed by atoms with Gasteiger partial charge in [0.25, 0.3) is 6.43 Å². The predicted octanol–water partition coefficient (Wildman–Crippen LogP) is 5.85. The Labute approximate surface area is 217 Å². The Bertz CT molecular complexity index is 1000. The summed E-state index contributed by atoms with van der Waals surface area (Å²) in [7, 11) is 0. The zero-order valence-corrected chi connectivity index (χ0v) is 22.4. The van der Waals surface area contributed by atoms with Crippen LogP contribution in [-0.2, 0) is 30.5 Å². The van der Waals surface area contributed by atoms with Crippen LogP contribution in [0.3, 0.4) is 0 Å². The minimum atomic E-state index is -2.49. The number of nitrogens with zero attached hydrogens (tertiary/aromatic N) is 3. The number of alkyl halides is 2. The van der Waals surface area contributed by atoms with Crippen molar-refractivity contribution in [1.29, 1.82) is 0 Å². The Hall–Kier alpha value is -1.93. The average Bonchev–Trinajstić information content (AvgIpc) is 3.16. The molecule has 1 aliphatic heterocycles. The number of ether oxygens (including phenoxy) is 1. The first-order chi connectivity index (χ1) is 17.4. The first-order valence-electron chi connectivity index (χ1n) is 13.5. The lowest BCUT2D eigenvalue weighted by Crippen LogP contribution is -2.29. The van der Waals surface area contributed by atoms with E-state index in [9.17, 15) is 13.6 Å². The molecule has 0 radical (unpaired) electrons. The minimum absolute atomic E-state index is 0.355. The van der Waals surface area contributed by atoms with Gasteiger partial charge in [-0.25, -0.2) is 18.7 Å². The smallest absolute Gasteiger partial charge is 0.272 e. The van der Waals surface area contributed by atoms with E-state index in [4.69, 9.17) is 4.74 Å². The molecule has 0 N–H and O–H groups in total.